The van der Waals surface area contributed by atoms with Crippen LogP contribution in [0.4, 0.5) is 5.82 Å². The van der Waals surface area contributed by atoms with E-state index in [1.165, 1.54) is 11.2 Å². The molecule has 0 fully saturated rings. The van der Waals surface area contributed by atoms with Crippen LogP contribution in [0.5, 0.6) is 5.88 Å². The Bertz CT molecular complexity index is 485. The maximum atomic E-state index is 5.71. The Hall–Kier alpha value is -1.62. The van der Waals surface area contributed by atoms with Crippen molar-refractivity contribution >= 4 is 17.2 Å². The molecule has 0 saturated heterocycles. The fourth-order valence-corrected chi connectivity index (χ4v) is 2.32. The number of hydrogen-bond acceptors (Lipinski definition) is 5. The molecule has 5 heteroatoms. The van der Waals surface area contributed by atoms with Crippen LogP contribution >= 0.6 is 11.3 Å². The molecule has 1 N–H and O–H groups in total. The molecule has 0 atom stereocenters. The lowest BCUT2D eigenvalue weighted by molar-refractivity contribution is 0.307. The Morgan fingerprint density at radius 3 is 3.00 bits per heavy atom. The van der Waals surface area contributed by atoms with Crippen LogP contribution in [0.3, 0.4) is 0 Å². The van der Waals surface area contributed by atoms with E-state index in [1.54, 1.807) is 11.3 Å². The average Bonchev–Trinajstić information content (AvgIpc) is 2.87. The molecule has 0 bridgehead atoms. The highest BCUT2D eigenvalue weighted by Gasteiger charge is 2.07. The van der Waals surface area contributed by atoms with E-state index in [9.17, 15) is 0 Å². The summed E-state index contributed by atoms with van der Waals surface area (Å²) in [4.78, 5) is 9.68. The van der Waals surface area contributed by atoms with Crippen molar-refractivity contribution in [3.05, 3.63) is 34.3 Å². The van der Waals surface area contributed by atoms with E-state index in [4.69, 9.17) is 4.74 Å². The van der Waals surface area contributed by atoms with Crippen LogP contribution in [0.2, 0.25) is 0 Å². The van der Waals surface area contributed by atoms with Gasteiger partial charge in [-0.3, -0.25) is 0 Å². The van der Waals surface area contributed by atoms with Crippen molar-refractivity contribution in [3.8, 4) is 5.88 Å². The molecule has 0 unspecified atom stereocenters. The number of ether oxygens (including phenoxy) is 1. The van der Waals surface area contributed by atoms with E-state index in [1.807, 2.05) is 13.8 Å². The first-order valence-electron chi connectivity index (χ1n) is 6.02. The van der Waals surface area contributed by atoms with Gasteiger partial charge in [-0.2, -0.15) is 0 Å². The van der Waals surface area contributed by atoms with Crippen molar-refractivity contribution in [2.45, 2.75) is 20.3 Å². The van der Waals surface area contributed by atoms with Gasteiger partial charge >= 0.3 is 0 Å². The van der Waals surface area contributed by atoms with Gasteiger partial charge in [-0.15, -0.1) is 11.3 Å². The Labute approximate surface area is 111 Å². The number of rotatable bonds is 6. The fourth-order valence-electron chi connectivity index (χ4n) is 1.63. The predicted octanol–water partition coefficient (Wildman–Crippen LogP) is 2.90. The van der Waals surface area contributed by atoms with Crippen molar-refractivity contribution in [2.24, 2.45) is 0 Å². The minimum Gasteiger partial charge on any atom is -0.477 e. The van der Waals surface area contributed by atoms with E-state index in [-0.39, 0.29) is 0 Å². The predicted molar refractivity (Wildman–Crippen MR) is 74.5 cm³/mol. The first-order chi connectivity index (χ1) is 8.81. The van der Waals surface area contributed by atoms with Crippen molar-refractivity contribution in [1.29, 1.82) is 0 Å². The van der Waals surface area contributed by atoms with Crippen molar-refractivity contribution in [1.82, 2.24) is 9.97 Å². The van der Waals surface area contributed by atoms with Gasteiger partial charge < -0.3 is 10.1 Å². The summed E-state index contributed by atoms with van der Waals surface area (Å²) in [7, 11) is 0. The standard InChI is InChI=1S/C13H17N3OS/c1-3-14-12-10(2)13(16-9-15-12)17-7-6-11-5-4-8-18-11/h4-5,8-9H,3,6-7H2,1-2H3,(H,14,15,16). The SMILES string of the molecule is CCNc1ncnc(OCCc2cccs2)c1C. The molecule has 0 spiro atoms. The Morgan fingerprint density at radius 1 is 1.39 bits per heavy atom. The average molecular weight is 263 g/mol. The van der Waals surface area contributed by atoms with Gasteiger partial charge in [-0.05, 0) is 25.3 Å². The fraction of sp³-hybridized carbons (Fsp3) is 0.385. The molecule has 18 heavy (non-hydrogen) atoms. The molecule has 0 aliphatic heterocycles. The normalized spacial score (nSPS) is 10.3. The highest BCUT2D eigenvalue weighted by Crippen LogP contribution is 2.20. The van der Waals surface area contributed by atoms with Crippen LogP contribution < -0.4 is 10.1 Å². The second-order valence-electron chi connectivity index (χ2n) is 3.86. The number of aromatic nitrogens is 2. The summed E-state index contributed by atoms with van der Waals surface area (Å²) in [5.41, 5.74) is 0.963. The number of thiophene rings is 1. The third-order valence-corrected chi connectivity index (χ3v) is 3.49. The van der Waals surface area contributed by atoms with Crippen molar-refractivity contribution in [3.63, 3.8) is 0 Å². The van der Waals surface area contributed by atoms with Gasteiger partial charge in [0.2, 0.25) is 5.88 Å². The molecule has 2 heterocycles. The molecule has 0 saturated carbocycles. The van der Waals surface area contributed by atoms with Gasteiger partial charge in [0.25, 0.3) is 0 Å². The van der Waals surface area contributed by atoms with E-state index in [0.29, 0.717) is 12.5 Å². The summed E-state index contributed by atoms with van der Waals surface area (Å²) in [5.74, 6) is 1.51. The summed E-state index contributed by atoms with van der Waals surface area (Å²) in [6, 6.07) is 4.17. The Morgan fingerprint density at radius 2 is 2.28 bits per heavy atom. The zero-order valence-corrected chi connectivity index (χ0v) is 11.5. The highest BCUT2D eigenvalue weighted by atomic mass is 32.1. The first-order valence-corrected chi connectivity index (χ1v) is 6.90. The molecule has 2 rings (SSSR count). The maximum Gasteiger partial charge on any atom is 0.221 e. The molecule has 4 nitrogen and oxygen atoms in total. The largest absolute Gasteiger partial charge is 0.477 e. The molecule has 2 aromatic rings. The lowest BCUT2D eigenvalue weighted by Gasteiger charge is -2.10. The molecule has 0 aromatic carbocycles. The molecule has 0 aliphatic carbocycles. The summed E-state index contributed by atoms with van der Waals surface area (Å²) in [5, 5.41) is 5.27. The van der Waals surface area contributed by atoms with Crippen LogP contribution in [0.15, 0.2) is 23.8 Å². The van der Waals surface area contributed by atoms with Gasteiger partial charge in [-0.25, -0.2) is 9.97 Å². The van der Waals surface area contributed by atoms with Crippen molar-refractivity contribution in [2.75, 3.05) is 18.5 Å². The zero-order chi connectivity index (χ0) is 12.8. The lowest BCUT2D eigenvalue weighted by atomic mass is 10.3. The lowest BCUT2D eigenvalue weighted by Crippen LogP contribution is -2.07. The van der Waals surface area contributed by atoms with E-state index >= 15 is 0 Å². The first kappa shape index (κ1) is 12.8. The number of anilines is 1. The minimum atomic E-state index is 0.643. The number of nitrogens with zero attached hydrogens (tertiary/aromatic N) is 2. The van der Waals surface area contributed by atoms with Gasteiger partial charge in [0, 0.05) is 17.8 Å². The molecular formula is C13H17N3OS. The van der Waals surface area contributed by atoms with Gasteiger partial charge in [0.1, 0.15) is 12.1 Å². The monoisotopic (exact) mass is 263 g/mol. The molecule has 0 amide bonds. The minimum absolute atomic E-state index is 0.643. The summed E-state index contributed by atoms with van der Waals surface area (Å²) < 4.78 is 5.71. The molecule has 96 valence electrons. The highest BCUT2D eigenvalue weighted by molar-refractivity contribution is 7.09. The third-order valence-electron chi connectivity index (χ3n) is 2.55. The van der Waals surface area contributed by atoms with E-state index in [2.05, 4.69) is 32.8 Å². The smallest absolute Gasteiger partial charge is 0.221 e. The summed E-state index contributed by atoms with van der Waals surface area (Å²) >= 11 is 1.75. The van der Waals surface area contributed by atoms with Crippen molar-refractivity contribution < 1.29 is 4.74 Å². The number of hydrogen-bond donors (Lipinski definition) is 1. The molecule has 0 aliphatic rings. The van der Waals surface area contributed by atoms with Crippen LogP contribution in [0, 0.1) is 6.92 Å². The van der Waals surface area contributed by atoms with Crippen LogP contribution in [-0.4, -0.2) is 23.1 Å². The Kier molecular flexibility index (Phi) is 4.52. The Balaban J connectivity index is 1.94. The maximum absolute atomic E-state index is 5.71. The quantitative estimate of drug-likeness (QED) is 0.870. The van der Waals surface area contributed by atoms with E-state index in [0.717, 1.165) is 24.3 Å². The van der Waals surface area contributed by atoms with Gasteiger partial charge in [0.05, 0.1) is 12.2 Å². The summed E-state index contributed by atoms with van der Waals surface area (Å²) in [6.45, 7) is 5.49. The van der Waals surface area contributed by atoms with Crippen LogP contribution in [-0.2, 0) is 6.42 Å². The summed E-state index contributed by atoms with van der Waals surface area (Å²) in [6.07, 6.45) is 2.45. The molecular weight excluding hydrogens is 246 g/mol. The topological polar surface area (TPSA) is 47.0 Å². The molecule has 2 aromatic heterocycles. The second-order valence-corrected chi connectivity index (χ2v) is 4.89. The second kappa shape index (κ2) is 6.35. The van der Waals surface area contributed by atoms with Gasteiger partial charge in [-0.1, -0.05) is 6.07 Å². The van der Waals surface area contributed by atoms with E-state index < -0.39 is 0 Å². The van der Waals surface area contributed by atoms with Crippen LogP contribution in [0.1, 0.15) is 17.4 Å². The third kappa shape index (κ3) is 3.20. The van der Waals surface area contributed by atoms with Gasteiger partial charge in [0.15, 0.2) is 0 Å². The van der Waals surface area contributed by atoms with Crippen LogP contribution in [0.25, 0.3) is 0 Å². The number of nitrogens with one attached hydrogen (secondary N) is 1. The molecule has 0 radical (unpaired) electrons. The zero-order valence-electron chi connectivity index (χ0n) is 10.6.